The molecule has 1 aromatic carbocycles. The molecule has 2 unspecified atom stereocenters. The molecule has 1 saturated carbocycles. The van der Waals surface area contributed by atoms with Gasteiger partial charge in [0.2, 0.25) is 0 Å². The van der Waals surface area contributed by atoms with Crippen LogP contribution >= 0.6 is 0 Å². The van der Waals surface area contributed by atoms with Crippen molar-refractivity contribution in [3.63, 3.8) is 0 Å². The largest absolute Gasteiger partial charge is 0.314 e. The Balaban J connectivity index is 2.20. The van der Waals surface area contributed by atoms with E-state index in [9.17, 15) is 0 Å². The van der Waals surface area contributed by atoms with E-state index < -0.39 is 0 Å². The molecular formula is C16H25N. The zero-order chi connectivity index (χ0) is 12.6. The molecule has 0 aliphatic heterocycles. The van der Waals surface area contributed by atoms with E-state index in [0.29, 0.717) is 11.5 Å². The Morgan fingerprint density at radius 2 is 1.94 bits per heavy atom. The average molecular weight is 231 g/mol. The van der Waals surface area contributed by atoms with Crippen LogP contribution in [0.2, 0.25) is 0 Å². The third-order valence-corrected chi connectivity index (χ3v) is 4.36. The molecule has 1 heteroatoms. The average Bonchev–Trinajstić information content (AvgIpc) is 2.92. The molecule has 2 rings (SSSR count). The molecule has 2 atom stereocenters. The molecule has 1 N–H and O–H groups in total. The highest BCUT2D eigenvalue weighted by Crippen LogP contribution is 2.53. The Hall–Kier alpha value is -0.820. The van der Waals surface area contributed by atoms with Crippen molar-refractivity contribution in [2.75, 3.05) is 6.54 Å². The summed E-state index contributed by atoms with van der Waals surface area (Å²) in [6.07, 6.45) is 1.33. The normalized spacial score (nSPS) is 27.5. The lowest BCUT2D eigenvalue weighted by Crippen LogP contribution is -2.33. The van der Waals surface area contributed by atoms with Crippen LogP contribution in [0.1, 0.15) is 43.9 Å². The molecule has 0 saturated heterocycles. The Morgan fingerprint density at radius 1 is 1.29 bits per heavy atom. The zero-order valence-corrected chi connectivity index (χ0v) is 11.8. The Bertz CT molecular complexity index is 408. The molecule has 1 fully saturated rings. The first-order chi connectivity index (χ1) is 7.95. The lowest BCUT2D eigenvalue weighted by molar-refractivity contribution is 0.499. The monoisotopic (exact) mass is 231 g/mol. The van der Waals surface area contributed by atoms with Gasteiger partial charge in [-0.15, -0.1) is 0 Å². The third-order valence-electron chi connectivity index (χ3n) is 4.36. The van der Waals surface area contributed by atoms with E-state index in [2.05, 4.69) is 58.1 Å². The SMILES string of the molecule is Cc1ccc(C2(CNC(C)C)CC2C)cc1C. The molecule has 0 bridgehead atoms. The van der Waals surface area contributed by atoms with E-state index >= 15 is 0 Å². The standard InChI is InChI=1S/C16H25N/c1-11(2)17-10-16(9-14(16)5)15-7-6-12(3)13(4)8-15/h6-8,11,14,17H,9-10H2,1-5H3. The molecular weight excluding hydrogens is 206 g/mol. The van der Waals surface area contributed by atoms with Crippen LogP contribution in [-0.2, 0) is 5.41 Å². The van der Waals surface area contributed by atoms with Crippen LogP contribution < -0.4 is 5.32 Å². The second-order valence-corrected chi connectivity index (χ2v) is 6.10. The maximum absolute atomic E-state index is 3.61. The fraction of sp³-hybridized carbons (Fsp3) is 0.625. The van der Waals surface area contributed by atoms with Crippen LogP contribution in [0.15, 0.2) is 18.2 Å². The third kappa shape index (κ3) is 2.40. The van der Waals surface area contributed by atoms with Crippen LogP contribution in [0.4, 0.5) is 0 Å². The predicted octanol–water partition coefficient (Wildman–Crippen LogP) is 3.58. The number of hydrogen-bond donors (Lipinski definition) is 1. The summed E-state index contributed by atoms with van der Waals surface area (Å²) in [5.41, 5.74) is 4.75. The van der Waals surface area contributed by atoms with Gasteiger partial charge in [-0.25, -0.2) is 0 Å². The summed E-state index contributed by atoms with van der Waals surface area (Å²) in [4.78, 5) is 0. The summed E-state index contributed by atoms with van der Waals surface area (Å²) < 4.78 is 0. The van der Waals surface area contributed by atoms with Gasteiger partial charge in [-0.1, -0.05) is 39.0 Å². The fourth-order valence-electron chi connectivity index (χ4n) is 2.68. The molecule has 0 radical (unpaired) electrons. The summed E-state index contributed by atoms with van der Waals surface area (Å²) in [6.45, 7) is 12.3. The van der Waals surface area contributed by atoms with Crippen molar-refractivity contribution in [1.82, 2.24) is 5.32 Å². The maximum atomic E-state index is 3.61. The van der Waals surface area contributed by atoms with Crippen LogP contribution in [0.5, 0.6) is 0 Å². The summed E-state index contributed by atoms with van der Waals surface area (Å²) in [7, 11) is 0. The number of nitrogens with one attached hydrogen (secondary N) is 1. The first-order valence-corrected chi connectivity index (χ1v) is 6.77. The highest BCUT2D eigenvalue weighted by Gasteiger charge is 2.51. The van der Waals surface area contributed by atoms with Crippen molar-refractivity contribution in [3.8, 4) is 0 Å². The molecule has 1 aliphatic rings. The van der Waals surface area contributed by atoms with E-state index in [0.717, 1.165) is 12.5 Å². The second kappa shape index (κ2) is 4.45. The van der Waals surface area contributed by atoms with Gasteiger partial charge < -0.3 is 5.32 Å². The van der Waals surface area contributed by atoms with Crippen molar-refractivity contribution < 1.29 is 0 Å². The molecule has 0 heterocycles. The number of rotatable bonds is 4. The predicted molar refractivity (Wildman–Crippen MR) is 74.5 cm³/mol. The highest BCUT2D eigenvalue weighted by atomic mass is 14.9. The minimum Gasteiger partial charge on any atom is -0.314 e. The van der Waals surface area contributed by atoms with Gasteiger partial charge in [0.25, 0.3) is 0 Å². The molecule has 0 amide bonds. The van der Waals surface area contributed by atoms with E-state index in [1.54, 1.807) is 0 Å². The highest BCUT2D eigenvalue weighted by molar-refractivity contribution is 5.39. The van der Waals surface area contributed by atoms with Crippen molar-refractivity contribution in [2.24, 2.45) is 5.92 Å². The van der Waals surface area contributed by atoms with Crippen molar-refractivity contribution in [3.05, 3.63) is 34.9 Å². The summed E-state index contributed by atoms with van der Waals surface area (Å²) in [5.74, 6) is 0.816. The number of hydrogen-bond acceptors (Lipinski definition) is 1. The van der Waals surface area contributed by atoms with Crippen molar-refractivity contribution in [2.45, 2.75) is 52.5 Å². The van der Waals surface area contributed by atoms with Crippen molar-refractivity contribution >= 4 is 0 Å². The van der Waals surface area contributed by atoms with Gasteiger partial charge in [0, 0.05) is 18.0 Å². The van der Waals surface area contributed by atoms with Gasteiger partial charge >= 0.3 is 0 Å². The van der Waals surface area contributed by atoms with E-state index in [1.165, 1.54) is 23.1 Å². The summed E-state index contributed by atoms with van der Waals surface area (Å²) >= 11 is 0. The fourth-order valence-corrected chi connectivity index (χ4v) is 2.68. The second-order valence-electron chi connectivity index (χ2n) is 6.10. The number of benzene rings is 1. The molecule has 1 nitrogen and oxygen atoms in total. The van der Waals surface area contributed by atoms with Gasteiger partial charge in [0.1, 0.15) is 0 Å². The van der Waals surface area contributed by atoms with Gasteiger partial charge in [0.15, 0.2) is 0 Å². The first kappa shape index (κ1) is 12.6. The first-order valence-electron chi connectivity index (χ1n) is 6.77. The van der Waals surface area contributed by atoms with Gasteiger partial charge in [-0.3, -0.25) is 0 Å². The van der Waals surface area contributed by atoms with Crippen LogP contribution in [0.3, 0.4) is 0 Å². The van der Waals surface area contributed by atoms with Crippen LogP contribution in [0.25, 0.3) is 0 Å². The van der Waals surface area contributed by atoms with Gasteiger partial charge in [0.05, 0.1) is 0 Å². The maximum Gasteiger partial charge on any atom is 0.0107 e. The minimum atomic E-state index is 0.405. The lowest BCUT2D eigenvalue weighted by atomic mass is 9.90. The summed E-state index contributed by atoms with van der Waals surface area (Å²) in [6, 6.07) is 7.56. The van der Waals surface area contributed by atoms with Crippen LogP contribution in [0, 0.1) is 19.8 Å². The summed E-state index contributed by atoms with van der Waals surface area (Å²) in [5, 5.41) is 3.61. The van der Waals surface area contributed by atoms with E-state index in [-0.39, 0.29) is 0 Å². The van der Waals surface area contributed by atoms with Crippen molar-refractivity contribution in [1.29, 1.82) is 0 Å². The molecule has 94 valence electrons. The Labute approximate surface area is 106 Å². The molecule has 17 heavy (non-hydrogen) atoms. The number of aryl methyl sites for hydroxylation is 2. The smallest absolute Gasteiger partial charge is 0.0107 e. The molecule has 1 aliphatic carbocycles. The van der Waals surface area contributed by atoms with E-state index in [4.69, 9.17) is 0 Å². The topological polar surface area (TPSA) is 12.0 Å². The zero-order valence-electron chi connectivity index (χ0n) is 11.8. The van der Waals surface area contributed by atoms with Gasteiger partial charge in [-0.2, -0.15) is 0 Å². The Morgan fingerprint density at radius 3 is 2.41 bits per heavy atom. The lowest BCUT2D eigenvalue weighted by Gasteiger charge is -2.21. The minimum absolute atomic E-state index is 0.405. The molecule has 1 aromatic rings. The van der Waals surface area contributed by atoms with E-state index in [1.807, 2.05) is 0 Å². The molecule has 0 aromatic heterocycles. The quantitative estimate of drug-likeness (QED) is 0.835. The Kier molecular flexibility index (Phi) is 3.31. The van der Waals surface area contributed by atoms with Crippen LogP contribution in [-0.4, -0.2) is 12.6 Å². The van der Waals surface area contributed by atoms with Gasteiger partial charge in [-0.05, 0) is 42.9 Å². The molecule has 0 spiro atoms.